The van der Waals surface area contributed by atoms with Crippen LogP contribution in [0.5, 0.6) is 0 Å². The van der Waals surface area contributed by atoms with Crippen LogP contribution in [0.3, 0.4) is 0 Å². The van der Waals surface area contributed by atoms with E-state index < -0.39 is 215 Å². The number of ether oxygens (including phenoxy) is 2. The molecule has 2 heterocycles. The first kappa shape index (κ1) is 63.5. The Bertz CT molecular complexity index is 2080. The Morgan fingerprint density at radius 2 is 0.533 bits per heavy atom. The number of rotatable bonds is 13. The number of carboxylic acids is 13. The van der Waals surface area contributed by atoms with Gasteiger partial charge in [-0.05, 0) is 44.4 Å². The summed E-state index contributed by atoms with van der Waals surface area (Å²) in [7, 11) is 0. The summed E-state index contributed by atoms with van der Waals surface area (Å²) in [5.41, 5.74) is 0. The van der Waals surface area contributed by atoms with Gasteiger partial charge in [0.15, 0.2) is 0 Å². The molecule has 7 fully saturated rings. The third kappa shape index (κ3) is 14.2. The standard InChI is InChI=1S/3C9H10O8.C9H6O6.C6H10O2.Na/c3*10-6(11)2-1-3(7(12)13)5(9(16)17)4(2)8(14)15;10-6-2-1-3-5(4(2)8(12)14-6)9(13)15-7(3)11;7-6(8)5-3-1-2-4-5;/h3*2-5H,1H2,(H,10,11)(H,12,13)(H,14,15)(H,16,17);2-5H,1H2;5H,1-4H2,(H,7,8);/q;;;;;+1/p-1. The van der Waals surface area contributed by atoms with Gasteiger partial charge in [0.2, 0.25) is 0 Å². The van der Waals surface area contributed by atoms with E-state index in [0.717, 1.165) is 25.7 Å². The number of carbonyl (C=O) groups is 17. The summed E-state index contributed by atoms with van der Waals surface area (Å²) in [6.07, 6.45) is 2.53. The third-order valence-electron chi connectivity index (χ3n) is 13.9. The molecule has 16 atom stereocenters. The molecule has 33 heteroatoms. The van der Waals surface area contributed by atoms with Crippen molar-refractivity contribution in [1.29, 1.82) is 0 Å². The van der Waals surface area contributed by atoms with Crippen LogP contribution in [0.15, 0.2) is 0 Å². The van der Waals surface area contributed by atoms with Gasteiger partial charge in [-0.15, -0.1) is 0 Å². The van der Waals surface area contributed by atoms with Crippen LogP contribution < -0.4 is 34.7 Å². The van der Waals surface area contributed by atoms with Crippen LogP contribution in [0.1, 0.15) is 51.4 Å². The van der Waals surface area contributed by atoms with Gasteiger partial charge in [0.05, 0.1) is 94.7 Å². The number of esters is 4. The first-order valence-corrected chi connectivity index (χ1v) is 21.7. The molecule has 5 aliphatic carbocycles. The van der Waals surface area contributed by atoms with Crippen LogP contribution in [0.2, 0.25) is 0 Å². The van der Waals surface area contributed by atoms with E-state index >= 15 is 0 Å². The molecule has 32 nitrogen and oxygen atoms in total. The van der Waals surface area contributed by atoms with Gasteiger partial charge in [-0.3, -0.25) is 76.7 Å². The SMILES string of the molecule is O=C(O)C1CC(C(=O)O)C(C(=O)O)C1C(=O)O.O=C(O)C1CC(C(=O)O)C(C(=O)O)C1C(=O)O.O=C(O)C1CC(C(=O)O)C(C(=O)O)C1C(=O)O.O=C([O-])C1CCCC1.O=C1OC(=O)C2C1CC1C(=O)OC(=O)C12.[Na+]. The fraction of sp³-hybridized carbons (Fsp3) is 0.595. The Hall–Kier alpha value is -7.61. The molecular weight excluding hydrogens is 1040 g/mol. The number of hydrogen-bond donors (Lipinski definition) is 12. The molecule has 7 aliphatic rings. The summed E-state index contributed by atoms with van der Waals surface area (Å²) >= 11 is 0. The van der Waals surface area contributed by atoms with Crippen LogP contribution in [-0.2, 0) is 91.0 Å². The van der Waals surface area contributed by atoms with Gasteiger partial charge in [0.25, 0.3) is 0 Å². The summed E-state index contributed by atoms with van der Waals surface area (Å²) in [6, 6.07) is 0. The minimum Gasteiger partial charge on any atom is -0.550 e. The van der Waals surface area contributed by atoms with E-state index in [-0.39, 0.29) is 41.9 Å². The monoisotopic (exact) mass is 1080 g/mol. The van der Waals surface area contributed by atoms with Crippen molar-refractivity contribution in [2.24, 2.45) is 101 Å². The molecular formula is C42H45NaO32. The Kier molecular flexibility index (Phi) is 22.1. The zero-order chi connectivity index (χ0) is 56.7. The van der Waals surface area contributed by atoms with E-state index in [1.54, 1.807) is 0 Å². The molecule has 5 saturated carbocycles. The maximum absolute atomic E-state index is 11.3. The van der Waals surface area contributed by atoms with Crippen LogP contribution in [0.25, 0.3) is 0 Å². The zero-order valence-electron chi connectivity index (χ0n) is 38.5. The smallest absolute Gasteiger partial charge is 0.550 e. The van der Waals surface area contributed by atoms with Gasteiger partial charge < -0.3 is 80.7 Å². The molecule has 0 spiro atoms. The van der Waals surface area contributed by atoms with Crippen molar-refractivity contribution in [2.45, 2.75) is 51.4 Å². The van der Waals surface area contributed by atoms with Crippen LogP contribution in [0, 0.1) is 101 Å². The molecule has 16 unspecified atom stereocenters. The van der Waals surface area contributed by atoms with Gasteiger partial charge >= 0.3 is 125 Å². The van der Waals surface area contributed by atoms with E-state index in [2.05, 4.69) is 9.47 Å². The fourth-order valence-corrected chi connectivity index (χ4v) is 10.5. The second kappa shape index (κ2) is 26.0. The predicted molar refractivity (Wildman–Crippen MR) is 215 cm³/mol. The molecule has 406 valence electrons. The van der Waals surface area contributed by atoms with E-state index in [9.17, 15) is 86.6 Å². The Labute approximate surface area is 438 Å². The second-order valence-corrected chi connectivity index (χ2v) is 17.8. The normalized spacial score (nSPS) is 32.6. The molecule has 0 amide bonds. The summed E-state index contributed by atoms with van der Waals surface area (Å²) in [5, 5.41) is 116. The van der Waals surface area contributed by atoms with Crippen molar-refractivity contribution >= 4 is 101 Å². The molecule has 0 aromatic heterocycles. The van der Waals surface area contributed by atoms with E-state index in [4.69, 9.17) is 61.3 Å². The van der Waals surface area contributed by atoms with Gasteiger partial charge in [-0.2, -0.15) is 0 Å². The van der Waals surface area contributed by atoms with Gasteiger partial charge in [-0.25, -0.2) is 0 Å². The first-order valence-electron chi connectivity index (χ1n) is 21.7. The van der Waals surface area contributed by atoms with Crippen LogP contribution >= 0.6 is 0 Å². The van der Waals surface area contributed by atoms with Gasteiger partial charge in [-0.1, -0.05) is 12.8 Å². The van der Waals surface area contributed by atoms with Crippen molar-refractivity contribution in [1.82, 2.24) is 0 Å². The molecule has 7 rings (SSSR count). The van der Waals surface area contributed by atoms with Crippen molar-refractivity contribution < 1.29 is 187 Å². The molecule has 0 radical (unpaired) electrons. The summed E-state index contributed by atoms with van der Waals surface area (Å²) in [6.45, 7) is 0. The maximum Gasteiger partial charge on any atom is 1.00 e. The van der Waals surface area contributed by atoms with E-state index in [1.165, 1.54) is 0 Å². The van der Waals surface area contributed by atoms with Crippen LogP contribution in [-0.4, -0.2) is 163 Å². The predicted octanol–water partition coefficient (Wildman–Crippen LogP) is -6.47. The molecule has 0 aromatic carbocycles. The summed E-state index contributed by atoms with van der Waals surface area (Å²) < 4.78 is 8.85. The number of cyclic esters (lactones) is 4. The second-order valence-electron chi connectivity index (χ2n) is 17.8. The Morgan fingerprint density at radius 1 is 0.333 bits per heavy atom. The van der Waals surface area contributed by atoms with Crippen LogP contribution in [0.4, 0.5) is 0 Å². The molecule has 0 aromatic rings. The average Bonchev–Trinajstić information content (AvgIpc) is 4.14. The third-order valence-corrected chi connectivity index (χ3v) is 13.9. The van der Waals surface area contributed by atoms with Crippen molar-refractivity contribution in [3.8, 4) is 0 Å². The molecule has 2 saturated heterocycles. The van der Waals surface area contributed by atoms with Gasteiger partial charge in [0, 0.05) is 5.97 Å². The maximum atomic E-state index is 11.3. The summed E-state index contributed by atoms with van der Waals surface area (Å²) in [4.78, 5) is 185. The zero-order valence-corrected chi connectivity index (χ0v) is 40.5. The van der Waals surface area contributed by atoms with Crippen molar-refractivity contribution in [3.05, 3.63) is 0 Å². The topological polar surface area (TPSA) is 574 Å². The molecule has 75 heavy (non-hydrogen) atoms. The quantitative estimate of drug-likeness (QED) is 0.0463. The number of carbonyl (C=O) groups excluding carboxylic acids is 5. The van der Waals surface area contributed by atoms with Gasteiger partial charge in [0.1, 0.15) is 0 Å². The van der Waals surface area contributed by atoms with E-state index in [0.29, 0.717) is 0 Å². The van der Waals surface area contributed by atoms with Crippen molar-refractivity contribution in [2.75, 3.05) is 0 Å². The number of fused-ring (bicyclic) bond motifs is 3. The minimum absolute atomic E-state index is 0. The molecule has 12 N–H and O–H groups in total. The summed E-state index contributed by atoms with van der Waals surface area (Å²) in [5.74, 6) is -44.3. The molecule has 2 aliphatic heterocycles. The fourth-order valence-electron chi connectivity index (χ4n) is 10.5. The first-order chi connectivity index (χ1) is 34.2. The number of carboxylic acid groups (broad SMARTS) is 13. The minimum atomic E-state index is -1.72. The van der Waals surface area contributed by atoms with Crippen molar-refractivity contribution in [3.63, 3.8) is 0 Å². The van der Waals surface area contributed by atoms with E-state index in [1.807, 2.05) is 0 Å². The Morgan fingerprint density at radius 3 is 0.680 bits per heavy atom. The Balaban J connectivity index is 0.000000325. The number of aliphatic carboxylic acids is 13. The number of hydrogen-bond acceptors (Lipinski definition) is 20. The average molecular weight is 1080 g/mol. The largest absolute Gasteiger partial charge is 1.00 e. The molecule has 0 bridgehead atoms.